The van der Waals surface area contributed by atoms with Crippen LogP contribution in [0.4, 0.5) is 10.1 Å². The first-order valence-electron chi connectivity index (χ1n) is 6.24. The third kappa shape index (κ3) is 3.03. The van der Waals surface area contributed by atoms with Crippen molar-refractivity contribution in [1.82, 2.24) is 10.1 Å². The monoisotopic (exact) mass is 303 g/mol. The Bertz CT molecular complexity index is 788. The van der Waals surface area contributed by atoms with Crippen molar-refractivity contribution < 1.29 is 8.91 Å². The highest BCUT2D eigenvalue weighted by atomic mass is 35.5. The molecule has 0 aliphatic rings. The largest absolute Gasteiger partial charge is 0.398 e. The first-order valence-corrected chi connectivity index (χ1v) is 6.62. The molecule has 0 bridgehead atoms. The predicted molar refractivity (Wildman–Crippen MR) is 78.4 cm³/mol. The van der Waals surface area contributed by atoms with E-state index in [-0.39, 0.29) is 5.82 Å². The van der Waals surface area contributed by atoms with Gasteiger partial charge in [0.2, 0.25) is 0 Å². The van der Waals surface area contributed by atoms with Gasteiger partial charge >= 0.3 is 0 Å². The van der Waals surface area contributed by atoms with E-state index in [1.54, 1.807) is 30.3 Å². The van der Waals surface area contributed by atoms with Gasteiger partial charge in [0.15, 0.2) is 5.82 Å². The van der Waals surface area contributed by atoms with Crippen LogP contribution in [-0.4, -0.2) is 10.1 Å². The molecule has 106 valence electrons. The minimum Gasteiger partial charge on any atom is -0.398 e. The fraction of sp³-hybridized carbons (Fsp3) is 0.0667. The smallest absolute Gasteiger partial charge is 0.258 e. The predicted octanol–water partition coefficient (Wildman–Crippen LogP) is 3.70. The number of halogens is 2. The lowest BCUT2D eigenvalue weighted by Crippen LogP contribution is -1.92. The zero-order chi connectivity index (χ0) is 14.8. The Morgan fingerprint density at radius 3 is 2.81 bits per heavy atom. The van der Waals surface area contributed by atoms with Gasteiger partial charge in [-0.2, -0.15) is 4.98 Å². The summed E-state index contributed by atoms with van der Waals surface area (Å²) in [5, 5.41) is 4.36. The lowest BCUT2D eigenvalue weighted by atomic mass is 10.1. The quantitative estimate of drug-likeness (QED) is 0.749. The molecule has 0 spiro atoms. The standard InChI is InChI=1S/C15H11ClFN3O/c16-12-5-4-10(8-13(12)18)15-19-14(20-21-15)7-9-2-1-3-11(17)6-9/h1-6,8H,7,18H2. The molecule has 3 rings (SSSR count). The van der Waals surface area contributed by atoms with E-state index in [9.17, 15) is 4.39 Å². The van der Waals surface area contributed by atoms with Crippen molar-refractivity contribution in [3.63, 3.8) is 0 Å². The van der Waals surface area contributed by atoms with Crippen molar-refractivity contribution in [2.75, 3.05) is 5.73 Å². The number of benzene rings is 2. The summed E-state index contributed by atoms with van der Waals surface area (Å²) in [4.78, 5) is 4.28. The van der Waals surface area contributed by atoms with E-state index in [4.69, 9.17) is 21.9 Å². The zero-order valence-electron chi connectivity index (χ0n) is 10.9. The first-order chi connectivity index (χ1) is 10.1. The first kappa shape index (κ1) is 13.6. The summed E-state index contributed by atoms with van der Waals surface area (Å²) >= 11 is 5.87. The van der Waals surface area contributed by atoms with Crippen LogP contribution in [0.2, 0.25) is 5.02 Å². The molecule has 1 aromatic heterocycles. The van der Waals surface area contributed by atoms with Gasteiger partial charge in [0.1, 0.15) is 5.82 Å². The van der Waals surface area contributed by atoms with Gasteiger partial charge in [-0.05, 0) is 35.9 Å². The van der Waals surface area contributed by atoms with Crippen molar-refractivity contribution in [2.24, 2.45) is 0 Å². The Morgan fingerprint density at radius 2 is 2.05 bits per heavy atom. The van der Waals surface area contributed by atoms with Gasteiger partial charge < -0.3 is 10.3 Å². The van der Waals surface area contributed by atoms with Crippen LogP contribution in [0.25, 0.3) is 11.5 Å². The van der Waals surface area contributed by atoms with Crippen LogP contribution in [0.3, 0.4) is 0 Å². The van der Waals surface area contributed by atoms with Gasteiger partial charge in [0.05, 0.1) is 10.7 Å². The highest BCUT2D eigenvalue weighted by molar-refractivity contribution is 6.33. The summed E-state index contributed by atoms with van der Waals surface area (Å²) in [7, 11) is 0. The molecule has 0 unspecified atom stereocenters. The SMILES string of the molecule is Nc1cc(-c2nc(Cc3cccc(F)c3)no2)ccc1Cl. The zero-order valence-corrected chi connectivity index (χ0v) is 11.6. The topological polar surface area (TPSA) is 64.9 Å². The van der Waals surface area contributed by atoms with E-state index in [0.717, 1.165) is 5.56 Å². The highest BCUT2D eigenvalue weighted by Crippen LogP contribution is 2.25. The Labute approximate surface area is 125 Å². The molecule has 3 aromatic rings. The molecule has 4 nitrogen and oxygen atoms in total. The van der Waals surface area contributed by atoms with E-state index < -0.39 is 0 Å². The number of anilines is 1. The molecule has 2 aromatic carbocycles. The maximum Gasteiger partial charge on any atom is 0.258 e. The van der Waals surface area contributed by atoms with Crippen LogP contribution in [0.5, 0.6) is 0 Å². The number of nitrogens with two attached hydrogens (primary N) is 1. The van der Waals surface area contributed by atoms with Crippen molar-refractivity contribution in [3.8, 4) is 11.5 Å². The second kappa shape index (κ2) is 5.54. The van der Waals surface area contributed by atoms with E-state index in [1.807, 2.05) is 0 Å². The third-order valence-electron chi connectivity index (χ3n) is 2.96. The van der Waals surface area contributed by atoms with E-state index >= 15 is 0 Å². The molecule has 1 heterocycles. The van der Waals surface area contributed by atoms with Crippen LogP contribution in [-0.2, 0) is 6.42 Å². The third-order valence-corrected chi connectivity index (χ3v) is 3.31. The number of hydrogen-bond acceptors (Lipinski definition) is 4. The number of nitrogens with zero attached hydrogens (tertiary/aromatic N) is 2. The van der Waals surface area contributed by atoms with Crippen LogP contribution in [0.1, 0.15) is 11.4 Å². The maximum atomic E-state index is 13.1. The Balaban J connectivity index is 1.84. The number of rotatable bonds is 3. The lowest BCUT2D eigenvalue weighted by Gasteiger charge is -1.99. The molecule has 6 heteroatoms. The van der Waals surface area contributed by atoms with E-state index in [0.29, 0.717) is 34.4 Å². The van der Waals surface area contributed by atoms with Crippen molar-refractivity contribution in [2.45, 2.75) is 6.42 Å². The molecule has 21 heavy (non-hydrogen) atoms. The molecule has 2 N–H and O–H groups in total. The molecule has 0 fully saturated rings. The van der Waals surface area contributed by atoms with Crippen molar-refractivity contribution >= 4 is 17.3 Å². The molecular weight excluding hydrogens is 293 g/mol. The fourth-order valence-corrected chi connectivity index (χ4v) is 2.07. The van der Waals surface area contributed by atoms with E-state index in [2.05, 4.69) is 10.1 Å². The molecule has 0 amide bonds. The summed E-state index contributed by atoms with van der Waals surface area (Å²) in [6.07, 6.45) is 0.393. The number of aromatic nitrogens is 2. The maximum absolute atomic E-state index is 13.1. The van der Waals surface area contributed by atoms with Crippen LogP contribution in [0.15, 0.2) is 47.0 Å². The van der Waals surface area contributed by atoms with Crippen molar-refractivity contribution in [3.05, 3.63) is 64.7 Å². The average Bonchev–Trinajstić information content (AvgIpc) is 2.90. The molecule has 0 aliphatic carbocycles. The molecule has 0 radical (unpaired) electrons. The van der Waals surface area contributed by atoms with E-state index in [1.165, 1.54) is 12.1 Å². The second-order valence-corrected chi connectivity index (χ2v) is 4.97. The molecule has 0 saturated heterocycles. The molecule has 0 saturated carbocycles. The van der Waals surface area contributed by atoms with Gasteiger partial charge in [-0.25, -0.2) is 4.39 Å². The molecule has 0 aliphatic heterocycles. The Hall–Kier alpha value is -2.40. The van der Waals surface area contributed by atoms with Crippen LogP contribution >= 0.6 is 11.6 Å². The lowest BCUT2D eigenvalue weighted by molar-refractivity contribution is 0.424. The number of nitrogen functional groups attached to an aromatic ring is 1. The van der Waals surface area contributed by atoms with Gasteiger partial charge in [-0.3, -0.25) is 0 Å². The average molecular weight is 304 g/mol. The summed E-state index contributed by atoms with van der Waals surface area (Å²) in [6, 6.07) is 11.4. The van der Waals surface area contributed by atoms with Crippen LogP contribution < -0.4 is 5.73 Å². The Kier molecular flexibility index (Phi) is 3.58. The molecular formula is C15H11ClFN3O. The summed E-state index contributed by atoms with van der Waals surface area (Å²) in [5.41, 5.74) is 7.65. The van der Waals surface area contributed by atoms with Gasteiger partial charge in [-0.1, -0.05) is 28.9 Å². The minimum atomic E-state index is -0.290. The fourth-order valence-electron chi connectivity index (χ4n) is 1.95. The summed E-state index contributed by atoms with van der Waals surface area (Å²) in [5.74, 6) is 0.538. The van der Waals surface area contributed by atoms with Gasteiger partial charge in [0.25, 0.3) is 5.89 Å². The number of hydrogen-bond donors (Lipinski definition) is 1. The second-order valence-electron chi connectivity index (χ2n) is 4.56. The van der Waals surface area contributed by atoms with Crippen LogP contribution in [0, 0.1) is 5.82 Å². The normalized spacial score (nSPS) is 10.8. The van der Waals surface area contributed by atoms with Crippen molar-refractivity contribution in [1.29, 1.82) is 0 Å². The molecule has 0 atom stereocenters. The van der Waals surface area contributed by atoms with Gasteiger partial charge in [0, 0.05) is 12.0 Å². The highest BCUT2D eigenvalue weighted by Gasteiger charge is 2.11. The summed E-state index contributed by atoms with van der Waals surface area (Å²) in [6.45, 7) is 0. The minimum absolute atomic E-state index is 0.290. The summed E-state index contributed by atoms with van der Waals surface area (Å²) < 4.78 is 18.3. The van der Waals surface area contributed by atoms with Gasteiger partial charge in [-0.15, -0.1) is 0 Å². The Morgan fingerprint density at radius 1 is 1.19 bits per heavy atom.